The number of aromatic nitrogens is 2. The molecule has 1 atom stereocenters. The van der Waals surface area contributed by atoms with Crippen molar-refractivity contribution >= 4 is 45.6 Å². The van der Waals surface area contributed by atoms with Gasteiger partial charge in [0, 0.05) is 17.8 Å². The summed E-state index contributed by atoms with van der Waals surface area (Å²) in [5.41, 5.74) is 1.17. The van der Waals surface area contributed by atoms with E-state index < -0.39 is 0 Å². The standard InChI is InChI=1S/C16H18N4O2S2/c1-4-8-17-15-19-20-16(24-15)23-11(3)14(22)18-13-7-5-6-12(9-13)10(2)21/h4-7,9,11H,1,8H2,2-3H3,(H,17,19)(H,18,22)/t11-/m0/s1. The first-order chi connectivity index (χ1) is 11.5. The number of hydrogen-bond donors (Lipinski definition) is 2. The molecule has 126 valence electrons. The Hall–Kier alpha value is -2.19. The third kappa shape index (κ3) is 5.17. The minimum Gasteiger partial charge on any atom is -0.357 e. The topological polar surface area (TPSA) is 84.0 Å². The molecule has 1 aromatic heterocycles. The van der Waals surface area contributed by atoms with E-state index in [-0.39, 0.29) is 16.9 Å². The molecule has 0 aliphatic heterocycles. The Morgan fingerprint density at radius 3 is 2.92 bits per heavy atom. The van der Waals surface area contributed by atoms with Gasteiger partial charge in [-0.3, -0.25) is 9.59 Å². The summed E-state index contributed by atoms with van der Waals surface area (Å²) in [6.45, 7) is 7.53. The van der Waals surface area contributed by atoms with Crippen molar-refractivity contribution in [3.63, 3.8) is 0 Å². The Morgan fingerprint density at radius 1 is 1.42 bits per heavy atom. The maximum Gasteiger partial charge on any atom is 0.237 e. The minimum atomic E-state index is -0.341. The van der Waals surface area contributed by atoms with Gasteiger partial charge in [-0.2, -0.15) is 0 Å². The maximum absolute atomic E-state index is 12.3. The van der Waals surface area contributed by atoms with Gasteiger partial charge in [0.05, 0.1) is 5.25 Å². The summed E-state index contributed by atoms with van der Waals surface area (Å²) >= 11 is 2.72. The van der Waals surface area contributed by atoms with Gasteiger partial charge in [0.1, 0.15) is 0 Å². The van der Waals surface area contributed by atoms with Crippen LogP contribution in [0.1, 0.15) is 24.2 Å². The Labute approximate surface area is 148 Å². The van der Waals surface area contributed by atoms with Gasteiger partial charge >= 0.3 is 0 Å². The van der Waals surface area contributed by atoms with Crippen LogP contribution in [-0.2, 0) is 4.79 Å². The molecule has 1 heterocycles. The van der Waals surface area contributed by atoms with Crippen LogP contribution in [-0.4, -0.2) is 33.7 Å². The molecule has 0 spiro atoms. The Kier molecular flexibility index (Phi) is 6.51. The zero-order valence-corrected chi connectivity index (χ0v) is 15.0. The van der Waals surface area contributed by atoms with Gasteiger partial charge in [0.25, 0.3) is 0 Å². The number of hydrogen-bond acceptors (Lipinski definition) is 7. The summed E-state index contributed by atoms with van der Waals surface area (Å²) < 4.78 is 0.710. The molecular weight excluding hydrogens is 344 g/mol. The molecule has 0 fully saturated rings. The van der Waals surface area contributed by atoms with Gasteiger partial charge < -0.3 is 10.6 Å². The molecule has 0 unspecified atom stereocenters. The predicted molar refractivity (Wildman–Crippen MR) is 99.0 cm³/mol. The van der Waals surface area contributed by atoms with Crippen molar-refractivity contribution in [3.8, 4) is 0 Å². The van der Waals surface area contributed by atoms with Crippen LogP contribution in [0.25, 0.3) is 0 Å². The number of ketones is 1. The molecule has 0 aliphatic rings. The molecule has 24 heavy (non-hydrogen) atoms. The zero-order chi connectivity index (χ0) is 17.5. The minimum absolute atomic E-state index is 0.0399. The van der Waals surface area contributed by atoms with Gasteiger partial charge in [-0.05, 0) is 26.0 Å². The highest BCUT2D eigenvalue weighted by Gasteiger charge is 2.17. The highest BCUT2D eigenvalue weighted by Crippen LogP contribution is 2.29. The van der Waals surface area contributed by atoms with Crippen molar-refractivity contribution in [2.75, 3.05) is 17.2 Å². The highest BCUT2D eigenvalue weighted by atomic mass is 32.2. The lowest BCUT2D eigenvalue weighted by Gasteiger charge is -2.10. The summed E-state index contributed by atoms with van der Waals surface area (Å²) in [5.74, 6) is -0.196. The summed E-state index contributed by atoms with van der Waals surface area (Å²) in [6, 6.07) is 6.88. The Balaban J connectivity index is 1.94. The van der Waals surface area contributed by atoms with E-state index in [2.05, 4.69) is 27.4 Å². The fourth-order valence-electron chi connectivity index (χ4n) is 1.75. The predicted octanol–water partition coefficient (Wildman–Crippen LogP) is 3.46. The van der Waals surface area contributed by atoms with E-state index in [4.69, 9.17) is 0 Å². The number of nitrogens with one attached hydrogen (secondary N) is 2. The lowest BCUT2D eigenvalue weighted by molar-refractivity contribution is -0.115. The normalized spacial score (nSPS) is 11.6. The molecular formula is C16H18N4O2S2. The molecule has 2 aromatic rings. The van der Waals surface area contributed by atoms with Gasteiger partial charge in [-0.15, -0.1) is 16.8 Å². The molecule has 1 amide bonds. The number of amides is 1. The van der Waals surface area contributed by atoms with Crippen LogP contribution >= 0.6 is 23.1 Å². The third-order valence-corrected chi connectivity index (χ3v) is 5.05. The third-order valence-electron chi connectivity index (χ3n) is 2.99. The number of nitrogens with zero attached hydrogens (tertiary/aromatic N) is 2. The van der Waals surface area contributed by atoms with E-state index in [1.165, 1.54) is 30.0 Å². The molecule has 0 radical (unpaired) electrons. The number of carbonyl (C=O) groups excluding carboxylic acids is 2. The Bertz CT molecular complexity index is 745. The van der Waals surface area contributed by atoms with Crippen LogP contribution in [0.4, 0.5) is 10.8 Å². The molecule has 0 bridgehead atoms. The second-order valence-electron chi connectivity index (χ2n) is 4.93. The van der Waals surface area contributed by atoms with Gasteiger partial charge in [-0.25, -0.2) is 0 Å². The second kappa shape index (κ2) is 8.60. The van der Waals surface area contributed by atoms with E-state index >= 15 is 0 Å². The largest absolute Gasteiger partial charge is 0.357 e. The smallest absolute Gasteiger partial charge is 0.237 e. The molecule has 8 heteroatoms. The van der Waals surface area contributed by atoms with Crippen LogP contribution < -0.4 is 10.6 Å². The van der Waals surface area contributed by atoms with Crippen molar-refractivity contribution in [2.45, 2.75) is 23.4 Å². The van der Waals surface area contributed by atoms with Crippen molar-refractivity contribution in [1.29, 1.82) is 0 Å². The maximum atomic E-state index is 12.3. The molecule has 2 N–H and O–H groups in total. The number of rotatable bonds is 8. The SMILES string of the molecule is C=CCNc1nnc(S[C@@H](C)C(=O)Nc2cccc(C(C)=O)c2)s1. The lowest BCUT2D eigenvalue weighted by Crippen LogP contribution is -2.22. The molecule has 0 aliphatic carbocycles. The van der Waals surface area contributed by atoms with E-state index in [9.17, 15) is 9.59 Å². The first kappa shape index (κ1) is 18.2. The van der Waals surface area contributed by atoms with Crippen LogP contribution in [0.15, 0.2) is 41.3 Å². The fraction of sp³-hybridized carbons (Fsp3) is 0.250. The molecule has 2 rings (SSSR count). The summed E-state index contributed by atoms with van der Waals surface area (Å²) in [7, 11) is 0. The lowest BCUT2D eigenvalue weighted by atomic mass is 10.1. The van der Waals surface area contributed by atoms with E-state index in [1.807, 2.05) is 0 Å². The first-order valence-electron chi connectivity index (χ1n) is 7.26. The van der Waals surface area contributed by atoms with Crippen molar-refractivity contribution in [3.05, 3.63) is 42.5 Å². The average molecular weight is 362 g/mol. The number of Topliss-reactive ketones (excluding diaryl/α,β-unsaturated/α-hetero) is 1. The summed E-state index contributed by atoms with van der Waals surface area (Å²) in [6.07, 6.45) is 1.74. The summed E-state index contributed by atoms with van der Waals surface area (Å²) in [4.78, 5) is 23.7. The fourth-order valence-corrected chi connectivity index (χ4v) is 3.66. The first-order valence-corrected chi connectivity index (χ1v) is 8.96. The molecule has 1 aromatic carbocycles. The Morgan fingerprint density at radius 2 is 2.21 bits per heavy atom. The van der Waals surface area contributed by atoms with Gasteiger partial charge in [0.15, 0.2) is 10.1 Å². The van der Waals surface area contributed by atoms with Crippen molar-refractivity contribution < 1.29 is 9.59 Å². The summed E-state index contributed by atoms with van der Waals surface area (Å²) in [5, 5.41) is 14.3. The number of carbonyl (C=O) groups is 2. The van der Waals surface area contributed by atoms with E-state index in [0.717, 1.165) is 0 Å². The van der Waals surface area contributed by atoms with E-state index in [1.54, 1.807) is 37.3 Å². The van der Waals surface area contributed by atoms with Crippen LogP contribution in [0.5, 0.6) is 0 Å². The van der Waals surface area contributed by atoms with Crippen LogP contribution in [0, 0.1) is 0 Å². The molecule has 0 saturated heterocycles. The zero-order valence-electron chi connectivity index (χ0n) is 13.4. The average Bonchev–Trinajstić information content (AvgIpc) is 3.00. The second-order valence-corrected chi connectivity index (χ2v) is 7.49. The van der Waals surface area contributed by atoms with Crippen LogP contribution in [0.3, 0.4) is 0 Å². The van der Waals surface area contributed by atoms with Crippen LogP contribution in [0.2, 0.25) is 0 Å². The monoisotopic (exact) mass is 362 g/mol. The van der Waals surface area contributed by atoms with Crippen molar-refractivity contribution in [2.24, 2.45) is 0 Å². The quantitative estimate of drug-likeness (QED) is 0.425. The van der Waals surface area contributed by atoms with E-state index in [0.29, 0.717) is 27.3 Å². The van der Waals surface area contributed by atoms with Crippen molar-refractivity contribution in [1.82, 2.24) is 10.2 Å². The van der Waals surface area contributed by atoms with Gasteiger partial charge in [0.2, 0.25) is 11.0 Å². The number of benzene rings is 1. The number of thioether (sulfide) groups is 1. The molecule has 6 nitrogen and oxygen atoms in total. The molecule has 0 saturated carbocycles. The number of anilines is 2. The highest BCUT2D eigenvalue weighted by molar-refractivity contribution is 8.02. The van der Waals surface area contributed by atoms with Gasteiger partial charge in [-0.1, -0.05) is 41.3 Å².